The van der Waals surface area contributed by atoms with E-state index < -0.39 is 0 Å². The Morgan fingerprint density at radius 1 is 1.24 bits per heavy atom. The van der Waals surface area contributed by atoms with E-state index in [9.17, 15) is 4.79 Å². The smallest absolute Gasteiger partial charge is 0.283 e. The van der Waals surface area contributed by atoms with E-state index in [0.29, 0.717) is 29.9 Å². The van der Waals surface area contributed by atoms with E-state index in [2.05, 4.69) is 15.0 Å². The van der Waals surface area contributed by atoms with Gasteiger partial charge in [-0.1, -0.05) is 12.1 Å². The van der Waals surface area contributed by atoms with E-state index in [4.69, 9.17) is 9.47 Å². The predicted octanol–water partition coefficient (Wildman–Crippen LogP) is 2.39. The molecule has 1 atom stereocenters. The van der Waals surface area contributed by atoms with Gasteiger partial charge >= 0.3 is 0 Å². The summed E-state index contributed by atoms with van der Waals surface area (Å²) < 4.78 is 11.9. The average molecular weight is 356 g/mol. The number of nitrogens with zero attached hydrogens (tertiary/aromatic N) is 4. The molecule has 0 N–H and O–H groups in total. The Labute approximate surface area is 148 Å². The first-order chi connectivity index (χ1) is 12.2. The van der Waals surface area contributed by atoms with E-state index >= 15 is 0 Å². The van der Waals surface area contributed by atoms with E-state index in [-0.39, 0.29) is 12.0 Å². The van der Waals surface area contributed by atoms with Crippen molar-refractivity contribution in [1.82, 2.24) is 19.9 Å². The number of hydrogen-bond acceptors (Lipinski definition) is 7. The Kier molecular flexibility index (Phi) is 4.19. The summed E-state index contributed by atoms with van der Waals surface area (Å²) >= 11 is 1.42. The summed E-state index contributed by atoms with van der Waals surface area (Å²) in [5.74, 6) is 0.751. The Morgan fingerprint density at radius 3 is 2.92 bits per heavy atom. The predicted molar refractivity (Wildman–Crippen MR) is 93.1 cm³/mol. The first-order valence-electron chi connectivity index (χ1n) is 7.90. The monoisotopic (exact) mass is 356 g/mol. The van der Waals surface area contributed by atoms with Crippen LogP contribution >= 0.6 is 11.3 Å². The lowest BCUT2D eigenvalue weighted by Gasteiger charge is -2.15. The molecule has 0 bridgehead atoms. The molecule has 0 saturated carbocycles. The zero-order chi connectivity index (χ0) is 17.2. The van der Waals surface area contributed by atoms with Crippen LogP contribution in [0, 0.1) is 0 Å². The topological polar surface area (TPSA) is 77.4 Å². The highest BCUT2D eigenvalue weighted by Crippen LogP contribution is 2.25. The van der Waals surface area contributed by atoms with Gasteiger partial charge < -0.3 is 14.4 Å². The molecule has 128 valence electrons. The van der Waals surface area contributed by atoms with Gasteiger partial charge in [0.2, 0.25) is 11.8 Å². The number of para-hydroxylation sites is 1. The summed E-state index contributed by atoms with van der Waals surface area (Å²) in [6.07, 6.45) is 3.69. The second-order valence-electron chi connectivity index (χ2n) is 5.67. The lowest BCUT2D eigenvalue weighted by Crippen LogP contribution is -2.30. The van der Waals surface area contributed by atoms with E-state index in [1.165, 1.54) is 24.6 Å². The van der Waals surface area contributed by atoms with Crippen molar-refractivity contribution < 1.29 is 14.3 Å². The summed E-state index contributed by atoms with van der Waals surface area (Å²) in [6, 6.07) is 7.76. The lowest BCUT2D eigenvalue weighted by atomic mass is 10.3. The molecule has 0 radical (unpaired) electrons. The molecule has 0 spiro atoms. The van der Waals surface area contributed by atoms with Gasteiger partial charge in [-0.2, -0.15) is 4.98 Å². The third kappa shape index (κ3) is 3.25. The molecule has 1 amide bonds. The van der Waals surface area contributed by atoms with E-state index in [1.54, 1.807) is 11.1 Å². The summed E-state index contributed by atoms with van der Waals surface area (Å²) in [7, 11) is 1.53. The van der Waals surface area contributed by atoms with Crippen molar-refractivity contribution in [2.45, 2.75) is 12.5 Å². The summed E-state index contributed by atoms with van der Waals surface area (Å²) in [5, 5.41) is 0.517. The molecule has 1 aliphatic heterocycles. The van der Waals surface area contributed by atoms with Crippen molar-refractivity contribution in [2.75, 3.05) is 20.2 Å². The first kappa shape index (κ1) is 15.8. The van der Waals surface area contributed by atoms with Crippen LogP contribution in [-0.4, -0.2) is 52.1 Å². The molecular weight excluding hydrogens is 340 g/mol. The maximum Gasteiger partial charge on any atom is 0.283 e. The minimum absolute atomic E-state index is 0.0518. The number of aromatic nitrogens is 3. The largest absolute Gasteiger partial charge is 0.480 e. The Bertz CT molecular complexity index is 881. The molecule has 1 fully saturated rings. The van der Waals surface area contributed by atoms with Gasteiger partial charge in [0.1, 0.15) is 6.10 Å². The number of carbonyl (C=O) groups excluding carboxylic acids is 1. The number of thiazole rings is 1. The number of hydrogen-bond donors (Lipinski definition) is 0. The maximum absolute atomic E-state index is 12.7. The third-order valence-corrected chi connectivity index (χ3v) is 5.02. The van der Waals surface area contributed by atoms with Crippen LogP contribution in [0.25, 0.3) is 10.2 Å². The van der Waals surface area contributed by atoms with Crippen molar-refractivity contribution in [3.05, 3.63) is 41.7 Å². The molecule has 0 aliphatic carbocycles. The van der Waals surface area contributed by atoms with Gasteiger partial charge in [0, 0.05) is 13.0 Å². The fourth-order valence-corrected chi connectivity index (χ4v) is 3.70. The minimum Gasteiger partial charge on any atom is -0.480 e. The second-order valence-corrected chi connectivity index (χ2v) is 6.70. The number of carbonyl (C=O) groups is 1. The summed E-state index contributed by atoms with van der Waals surface area (Å²) in [4.78, 5) is 27.1. The number of amides is 1. The SMILES string of the molecule is COc1cncc(O[C@@H]2CCN(C(=O)c3nc4ccccc4s3)C2)n1. The molecule has 0 unspecified atom stereocenters. The first-order valence-corrected chi connectivity index (χ1v) is 8.72. The Hall–Kier alpha value is -2.74. The van der Waals surface area contributed by atoms with Gasteiger partial charge in [0.05, 0.1) is 36.3 Å². The van der Waals surface area contributed by atoms with Crippen LogP contribution in [0.5, 0.6) is 11.8 Å². The molecule has 3 aromatic rings. The summed E-state index contributed by atoms with van der Waals surface area (Å²) in [5.41, 5.74) is 0.856. The van der Waals surface area contributed by atoms with E-state index in [0.717, 1.165) is 16.6 Å². The zero-order valence-electron chi connectivity index (χ0n) is 13.6. The Balaban J connectivity index is 1.43. The zero-order valence-corrected chi connectivity index (χ0v) is 14.4. The van der Waals surface area contributed by atoms with Crippen LogP contribution in [0.4, 0.5) is 0 Å². The van der Waals surface area contributed by atoms with Gasteiger partial charge in [-0.3, -0.25) is 9.78 Å². The highest BCUT2D eigenvalue weighted by Gasteiger charge is 2.30. The highest BCUT2D eigenvalue weighted by atomic mass is 32.1. The molecule has 1 aliphatic rings. The minimum atomic E-state index is -0.111. The molecule has 1 aromatic carbocycles. The lowest BCUT2D eigenvalue weighted by molar-refractivity contribution is 0.0770. The number of likely N-dealkylation sites (tertiary alicyclic amines) is 1. The van der Waals surface area contributed by atoms with Crippen LogP contribution in [-0.2, 0) is 0 Å². The fraction of sp³-hybridized carbons (Fsp3) is 0.294. The average Bonchev–Trinajstić information content (AvgIpc) is 3.28. The van der Waals surface area contributed by atoms with Gasteiger partial charge in [0.15, 0.2) is 5.01 Å². The number of methoxy groups -OCH3 is 1. The molecule has 8 heteroatoms. The molecule has 1 saturated heterocycles. The van der Waals surface area contributed by atoms with Crippen LogP contribution in [0.3, 0.4) is 0 Å². The molecule has 3 heterocycles. The Morgan fingerprint density at radius 2 is 2.08 bits per heavy atom. The van der Waals surface area contributed by atoms with Crippen LogP contribution in [0.1, 0.15) is 16.2 Å². The molecule has 2 aromatic heterocycles. The molecule has 25 heavy (non-hydrogen) atoms. The van der Waals surface area contributed by atoms with Gasteiger partial charge in [-0.15, -0.1) is 11.3 Å². The van der Waals surface area contributed by atoms with Gasteiger partial charge in [0.25, 0.3) is 5.91 Å². The number of benzene rings is 1. The quantitative estimate of drug-likeness (QED) is 0.714. The van der Waals surface area contributed by atoms with E-state index in [1.807, 2.05) is 24.3 Å². The molecule has 4 rings (SSSR count). The van der Waals surface area contributed by atoms with Crippen molar-refractivity contribution in [3.8, 4) is 11.8 Å². The normalized spacial score (nSPS) is 17.0. The van der Waals surface area contributed by atoms with Crippen molar-refractivity contribution in [2.24, 2.45) is 0 Å². The molecule has 7 nitrogen and oxygen atoms in total. The second kappa shape index (κ2) is 6.64. The molecular formula is C17H16N4O3S. The van der Waals surface area contributed by atoms with Gasteiger partial charge in [-0.05, 0) is 12.1 Å². The van der Waals surface area contributed by atoms with Crippen LogP contribution < -0.4 is 9.47 Å². The van der Waals surface area contributed by atoms with Crippen LogP contribution in [0.2, 0.25) is 0 Å². The highest BCUT2D eigenvalue weighted by molar-refractivity contribution is 7.20. The number of fused-ring (bicyclic) bond motifs is 1. The maximum atomic E-state index is 12.7. The fourth-order valence-electron chi connectivity index (χ4n) is 2.76. The number of rotatable bonds is 4. The standard InChI is InChI=1S/C17H16N4O3S/c1-23-14-8-18-9-15(20-14)24-11-6-7-21(10-11)17(22)16-19-12-4-2-3-5-13(12)25-16/h2-5,8-9,11H,6-7,10H2,1H3/t11-/m1/s1. The summed E-state index contributed by atoms with van der Waals surface area (Å²) in [6.45, 7) is 1.14. The number of ether oxygens (including phenoxy) is 2. The van der Waals surface area contributed by atoms with Crippen molar-refractivity contribution in [3.63, 3.8) is 0 Å². The van der Waals surface area contributed by atoms with Crippen molar-refractivity contribution >= 4 is 27.5 Å². The van der Waals surface area contributed by atoms with Crippen molar-refractivity contribution in [1.29, 1.82) is 0 Å². The third-order valence-electron chi connectivity index (χ3n) is 4.00. The van der Waals surface area contributed by atoms with Crippen LogP contribution in [0.15, 0.2) is 36.7 Å². The van der Waals surface area contributed by atoms with Gasteiger partial charge in [-0.25, -0.2) is 4.98 Å².